The number of fused-ring (bicyclic) bond motifs is 1. The van der Waals surface area contributed by atoms with Crippen molar-refractivity contribution >= 4 is 0 Å². The van der Waals surface area contributed by atoms with E-state index in [9.17, 15) is 0 Å². The van der Waals surface area contributed by atoms with Crippen LogP contribution in [0.5, 0.6) is 0 Å². The lowest BCUT2D eigenvalue weighted by Crippen LogP contribution is -2.22. The smallest absolute Gasteiger partial charge is 0.0538 e. The van der Waals surface area contributed by atoms with E-state index in [0.29, 0.717) is 5.92 Å². The third kappa shape index (κ3) is 2.53. The second kappa shape index (κ2) is 5.19. The molecule has 2 heteroatoms. The summed E-state index contributed by atoms with van der Waals surface area (Å²) < 4.78 is 5.83. The zero-order valence-corrected chi connectivity index (χ0v) is 10.3. The highest BCUT2D eigenvalue weighted by Gasteiger charge is 2.25. The minimum absolute atomic E-state index is 0.660. The van der Waals surface area contributed by atoms with Crippen LogP contribution in [0.25, 0.3) is 0 Å². The van der Waals surface area contributed by atoms with Crippen LogP contribution in [0.3, 0.4) is 0 Å². The molecule has 2 atom stereocenters. The average Bonchev–Trinajstić information content (AvgIpc) is 2.82. The van der Waals surface area contributed by atoms with Gasteiger partial charge in [-0.25, -0.2) is 0 Å². The zero-order chi connectivity index (χ0) is 11.5. The van der Waals surface area contributed by atoms with E-state index in [-0.39, 0.29) is 0 Å². The van der Waals surface area contributed by atoms with Crippen LogP contribution in [0.4, 0.5) is 0 Å². The fraction of sp³-hybridized carbons (Fsp3) is 0.600. The van der Waals surface area contributed by atoms with Gasteiger partial charge in [-0.2, -0.15) is 0 Å². The molecule has 2 nitrogen and oxygen atoms in total. The minimum atomic E-state index is 0.660. The summed E-state index contributed by atoms with van der Waals surface area (Å²) in [7, 11) is 0. The van der Waals surface area contributed by atoms with Gasteiger partial charge in [0.1, 0.15) is 0 Å². The molecular weight excluding hydrogens is 210 g/mol. The fourth-order valence-corrected chi connectivity index (χ4v) is 2.95. The van der Waals surface area contributed by atoms with Crippen LogP contribution in [-0.2, 0) is 11.2 Å². The van der Waals surface area contributed by atoms with Gasteiger partial charge in [0.15, 0.2) is 0 Å². The van der Waals surface area contributed by atoms with Gasteiger partial charge >= 0.3 is 0 Å². The van der Waals surface area contributed by atoms with E-state index in [2.05, 4.69) is 29.6 Å². The number of hydrogen-bond donors (Lipinski definition) is 1. The number of benzene rings is 1. The first kappa shape index (κ1) is 11.2. The summed E-state index contributed by atoms with van der Waals surface area (Å²) >= 11 is 0. The van der Waals surface area contributed by atoms with E-state index in [1.165, 1.54) is 43.5 Å². The maximum atomic E-state index is 5.83. The average molecular weight is 231 g/mol. The van der Waals surface area contributed by atoms with Crippen LogP contribution in [0, 0.1) is 5.92 Å². The number of rotatable bonds is 5. The van der Waals surface area contributed by atoms with E-state index >= 15 is 0 Å². The van der Waals surface area contributed by atoms with Crippen molar-refractivity contribution in [3.05, 3.63) is 35.4 Å². The first-order valence-corrected chi connectivity index (χ1v) is 6.80. The molecule has 1 fully saturated rings. The van der Waals surface area contributed by atoms with E-state index in [1.807, 2.05) is 0 Å². The second-order valence-corrected chi connectivity index (χ2v) is 5.32. The standard InChI is InChI=1S/C15H21NO/c1-2-4-15-13(3-1)9-14(15)11-17-8-6-12-5-7-16-10-12/h1-4,12,14,16H,5-11H2. The zero-order valence-electron chi connectivity index (χ0n) is 10.3. The Balaban J connectivity index is 1.36. The van der Waals surface area contributed by atoms with Crippen molar-refractivity contribution in [1.82, 2.24) is 5.32 Å². The van der Waals surface area contributed by atoms with E-state index in [4.69, 9.17) is 4.74 Å². The Kier molecular flexibility index (Phi) is 3.44. The van der Waals surface area contributed by atoms with Gasteiger partial charge in [-0.1, -0.05) is 24.3 Å². The first-order valence-electron chi connectivity index (χ1n) is 6.80. The SMILES string of the molecule is c1ccc2c(c1)CC2COCCC1CCNC1. The molecule has 1 aliphatic heterocycles. The van der Waals surface area contributed by atoms with Crippen molar-refractivity contribution in [3.63, 3.8) is 0 Å². The van der Waals surface area contributed by atoms with Gasteiger partial charge in [-0.3, -0.25) is 0 Å². The van der Waals surface area contributed by atoms with Gasteiger partial charge in [-0.05, 0) is 49.4 Å². The van der Waals surface area contributed by atoms with Crippen molar-refractivity contribution in [2.24, 2.45) is 5.92 Å². The molecule has 3 rings (SSSR count). The topological polar surface area (TPSA) is 21.3 Å². The van der Waals surface area contributed by atoms with Crippen molar-refractivity contribution in [2.45, 2.75) is 25.2 Å². The highest BCUT2D eigenvalue weighted by atomic mass is 16.5. The van der Waals surface area contributed by atoms with E-state index in [1.54, 1.807) is 0 Å². The minimum Gasteiger partial charge on any atom is -0.381 e. The highest BCUT2D eigenvalue weighted by Crippen LogP contribution is 2.34. The Hall–Kier alpha value is -0.860. The van der Waals surface area contributed by atoms with Crippen molar-refractivity contribution in [1.29, 1.82) is 0 Å². The Morgan fingerprint density at radius 3 is 3.06 bits per heavy atom. The monoisotopic (exact) mass is 231 g/mol. The number of hydrogen-bond acceptors (Lipinski definition) is 2. The maximum absolute atomic E-state index is 5.83. The van der Waals surface area contributed by atoms with Crippen LogP contribution < -0.4 is 5.32 Å². The molecule has 0 amide bonds. The number of nitrogens with one attached hydrogen (secondary N) is 1. The molecule has 17 heavy (non-hydrogen) atoms. The van der Waals surface area contributed by atoms with Crippen LogP contribution in [0.2, 0.25) is 0 Å². The third-order valence-corrected chi connectivity index (χ3v) is 4.11. The molecule has 92 valence electrons. The molecule has 1 N–H and O–H groups in total. The van der Waals surface area contributed by atoms with Gasteiger partial charge in [0.2, 0.25) is 0 Å². The molecule has 1 aromatic carbocycles. The predicted octanol–water partition coefficient (Wildman–Crippen LogP) is 2.34. The third-order valence-electron chi connectivity index (χ3n) is 4.11. The molecule has 1 saturated heterocycles. The fourth-order valence-electron chi connectivity index (χ4n) is 2.95. The van der Waals surface area contributed by atoms with Crippen molar-refractivity contribution in [2.75, 3.05) is 26.3 Å². The molecule has 0 radical (unpaired) electrons. The van der Waals surface area contributed by atoms with Gasteiger partial charge in [0.25, 0.3) is 0 Å². The molecule has 0 aromatic heterocycles. The van der Waals surface area contributed by atoms with E-state index < -0.39 is 0 Å². The van der Waals surface area contributed by atoms with Gasteiger partial charge < -0.3 is 10.1 Å². The number of ether oxygens (including phenoxy) is 1. The molecule has 1 aliphatic carbocycles. The molecule has 2 unspecified atom stereocenters. The van der Waals surface area contributed by atoms with Crippen LogP contribution in [0.1, 0.15) is 29.9 Å². The van der Waals surface area contributed by atoms with E-state index in [0.717, 1.165) is 19.1 Å². The van der Waals surface area contributed by atoms with Crippen molar-refractivity contribution < 1.29 is 4.74 Å². The Morgan fingerprint density at radius 1 is 1.29 bits per heavy atom. The Morgan fingerprint density at radius 2 is 2.24 bits per heavy atom. The highest BCUT2D eigenvalue weighted by molar-refractivity contribution is 5.39. The normalized spacial score (nSPS) is 26.6. The summed E-state index contributed by atoms with van der Waals surface area (Å²) in [4.78, 5) is 0. The molecule has 0 bridgehead atoms. The van der Waals surface area contributed by atoms with Crippen molar-refractivity contribution in [3.8, 4) is 0 Å². The molecule has 1 heterocycles. The van der Waals surface area contributed by atoms with Crippen LogP contribution in [0.15, 0.2) is 24.3 Å². The molecular formula is C15H21NO. The lowest BCUT2D eigenvalue weighted by molar-refractivity contribution is 0.104. The van der Waals surface area contributed by atoms with Gasteiger partial charge in [0, 0.05) is 12.5 Å². The second-order valence-electron chi connectivity index (χ2n) is 5.32. The largest absolute Gasteiger partial charge is 0.381 e. The maximum Gasteiger partial charge on any atom is 0.0538 e. The molecule has 1 aromatic rings. The first-order chi connectivity index (χ1) is 8.43. The van der Waals surface area contributed by atoms with Crippen LogP contribution >= 0.6 is 0 Å². The summed E-state index contributed by atoms with van der Waals surface area (Å²) in [6.45, 7) is 4.23. The predicted molar refractivity (Wildman–Crippen MR) is 69.3 cm³/mol. The molecule has 2 aliphatic rings. The summed E-state index contributed by atoms with van der Waals surface area (Å²) in [6.07, 6.45) is 3.76. The summed E-state index contributed by atoms with van der Waals surface area (Å²) in [5.74, 6) is 1.51. The van der Waals surface area contributed by atoms with Crippen LogP contribution in [-0.4, -0.2) is 26.3 Å². The Bertz CT molecular complexity index is 371. The molecule has 0 saturated carbocycles. The van der Waals surface area contributed by atoms with Gasteiger partial charge in [-0.15, -0.1) is 0 Å². The quantitative estimate of drug-likeness (QED) is 0.785. The Labute approximate surface area is 103 Å². The van der Waals surface area contributed by atoms with Gasteiger partial charge in [0.05, 0.1) is 6.61 Å². The lowest BCUT2D eigenvalue weighted by atomic mass is 9.78. The summed E-state index contributed by atoms with van der Waals surface area (Å²) in [5, 5.41) is 3.40. The summed E-state index contributed by atoms with van der Waals surface area (Å²) in [6, 6.07) is 8.74. The molecule has 0 spiro atoms. The summed E-state index contributed by atoms with van der Waals surface area (Å²) in [5.41, 5.74) is 3.02. The lowest BCUT2D eigenvalue weighted by Gasteiger charge is -2.29.